The zero-order valence-corrected chi connectivity index (χ0v) is 20.9. The highest BCUT2D eigenvalue weighted by atomic mass is 35.5. The van der Waals surface area contributed by atoms with E-state index >= 15 is 0 Å². The van der Waals surface area contributed by atoms with E-state index in [1.54, 1.807) is 68.4 Å². The van der Waals surface area contributed by atoms with Crippen LogP contribution in [0.25, 0.3) is 0 Å². The highest BCUT2D eigenvalue weighted by Gasteiger charge is 2.16. The molecule has 2 amide bonds. The predicted molar refractivity (Wildman–Crippen MR) is 137 cm³/mol. The van der Waals surface area contributed by atoms with E-state index in [2.05, 4.69) is 15.8 Å². The van der Waals surface area contributed by atoms with Gasteiger partial charge in [0.25, 0.3) is 11.8 Å². The Kier molecular flexibility index (Phi) is 8.56. The summed E-state index contributed by atoms with van der Waals surface area (Å²) in [7, 11) is 0. The lowest BCUT2D eigenvalue weighted by atomic mass is 10.1. The highest BCUT2D eigenvalue weighted by Crippen LogP contribution is 2.23. The van der Waals surface area contributed by atoms with Crippen molar-refractivity contribution >= 4 is 58.0 Å². The van der Waals surface area contributed by atoms with E-state index < -0.39 is 12.0 Å². The van der Waals surface area contributed by atoms with Gasteiger partial charge in [-0.25, -0.2) is 5.43 Å². The van der Waals surface area contributed by atoms with Gasteiger partial charge in [0.05, 0.1) is 16.3 Å². The number of nitrogens with zero attached hydrogens (tertiary/aromatic N) is 1. The monoisotopic (exact) mass is 517 g/mol. The van der Waals surface area contributed by atoms with Crippen molar-refractivity contribution in [3.05, 3.63) is 92.4 Å². The number of hydrazone groups is 1. The summed E-state index contributed by atoms with van der Waals surface area (Å²) in [5, 5.41) is 8.25. The summed E-state index contributed by atoms with van der Waals surface area (Å²) in [4.78, 5) is 24.8. The summed E-state index contributed by atoms with van der Waals surface area (Å²) in [5.41, 5.74) is 5.60. The molecular formula is C25H22Cl3N3O3. The second kappa shape index (κ2) is 11.4. The molecule has 0 saturated carbocycles. The third-order valence-electron chi connectivity index (χ3n) is 4.88. The Morgan fingerprint density at radius 3 is 2.24 bits per heavy atom. The van der Waals surface area contributed by atoms with Crippen molar-refractivity contribution in [1.29, 1.82) is 0 Å². The predicted octanol–water partition coefficient (Wildman–Crippen LogP) is 6.52. The molecule has 9 heteroatoms. The number of nitrogens with one attached hydrogen (secondary N) is 2. The van der Waals surface area contributed by atoms with Crippen LogP contribution in [-0.4, -0.2) is 23.6 Å². The third-order valence-corrected chi connectivity index (χ3v) is 5.66. The first-order chi connectivity index (χ1) is 16.1. The maximum Gasteiger partial charge on any atom is 0.280 e. The molecule has 0 fully saturated rings. The first kappa shape index (κ1) is 25.6. The maximum absolute atomic E-state index is 12.4. The molecule has 176 valence electrons. The van der Waals surface area contributed by atoms with Crippen LogP contribution in [0.1, 0.15) is 35.3 Å². The molecule has 6 nitrogen and oxygen atoms in total. The molecule has 0 bridgehead atoms. The number of ether oxygens (including phenoxy) is 1. The van der Waals surface area contributed by atoms with Crippen LogP contribution < -0.4 is 15.5 Å². The van der Waals surface area contributed by atoms with Crippen LogP contribution in [0.5, 0.6) is 5.75 Å². The first-order valence-corrected chi connectivity index (χ1v) is 11.4. The van der Waals surface area contributed by atoms with E-state index in [9.17, 15) is 9.59 Å². The SMILES string of the molecule is CC(=NNC(=O)C(C)Oc1ccc(Cl)cc1C)c1ccc(NC(=O)c2ccc(Cl)cc2Cl)cc1. The standard InChI is InChI=1S/C25H22Cl3N3O3/c1-14-12-18(26)7-11-23(14)34-16(3)24(32)31-30-15(2)17-4-8-20(9-5-17)29-25(33)21-10-6-19(27)13-22(21)28/h4-13,16H,1-3H3,(H,29,33)(H,31,32). The molecule has 0 saturated heterocycles. The van der Waals surface area contributed by atoms with E-state index in [0.29, 0.717) is 32.8 Å². The van der Waals surface area contributed by atoms with Gasteiger partial charge < -0.3 is 10.1 Å². The van der Waals surface area contributed by atoms with Gasteiger partial charge in [0.2, 0.25) is 0 Å². The van der Waals surface area contributed by atoms with Gasteiger partial charge in [-0.1, -0.05) is 46.9 Å². The number of rotatable bonds is 7. The lowest BCUT2D eigenvalue weighted by Crippen LogP contribution is -2.34. The number of anilines is 1. The molecule has 3 aromatic rings. The summed E-state index contributed by atoms with van der Waals surface area (Å²) in [6.45, 7) is 5.25. The fourth-order valence-corrected chi connectivity index (χ4v) is 3.67. The van der Waals surface area contributed by atoms with Crippen LogP contribution in [0, 0.1) is 6.92 Å². The molecule has 34 heavy (non-hydrogen) atoms. The van der Waals surface area contributed by atoms with E-state index in [0.717, 1.165) is 11.1 Å². The van der Waals surface area contributed by atoms with Crippen molar-refractivity contribution in [1.82, 2.24) is 5.43 Å². The summed E-state index contributed by atoms with van der Waals surface area (Å²) in [5.74, 6) is -0.167. The van der Waals surface area contributed by atoms with Gasteiger partial charge >= 0.3 is 0 Å². The average Bonchev–Trinajstić information content (AvgIpc) is 2.79. The Labute approximate surface area is 212 Å². The molecule has 1 unspecified atom stereocenters. The average molecular weight is 519 g/mol. The van der Waals surface area contributed by atoms with Crippen molar-refractivity contribution in [2.24, 2.45) is 5.10 Å². The van der Waals surface area contributed by atoms with Crippen molar-refractivity contribution in [2.75, 3.05) is 5.32 Å². The largest absolute Gasteiger partial charge is 0.481 e. The van der Waals surface area contributed by atoms with Crippen LogP contribution in [0.2, 0.25) is 15.1 Å². The lowest BCUT2D eigenvalue weighted by Gasteiger charge is -2.15. The van der Waals surface area contributed by atoms with E-state index in [-0.39, 0.29) is 10.9 Å². The van der Waals surface area contributed by atoms with Gasteiger partial charge in [0, 0.05) is 15.7 Å². The molecule has 0 aliphatic rings. The molecular weight excluding hydrogens is 497 g/mol. The topological polar surface area (TPSA) is 79.8 Å². The number of hydrogen-bond acceptors (Lipinski definition) is 4. The van der Waals surface area contributed by atoms with E-state index in [1.807, 2.05) is 6.92 Å². The number of aryl methyl sites for hydroxylation is 1. The fourth-order valence-electron chi connectivity index (χ4n) is 2.95. The van der Waals surface area contributed by atoms with Crippen molar-refractivity contribution in [3.63, 3.8) is 0 Å². The van der Waals surface area contributed by atoms with Gasteiger partial charge in [-0.15, -0.1) is 0 Å². The van der Waals surface area contributed by atoms with Crippen LogP contribution in [0.15, 0.2) is 65.8 Å². The number of halogens is 3. The van der Waals surface area contributed by atoms with Crippen LogP contribution >= 0.6 is 34.8 Å². The van der Waals surface area contributed by atoms with E-state index in [1.165, 1.54) is 6.07 Å². The Balaban J connectivity index is 1.58. The number of carbonyl (C=O) groups excluding carboxylic acids is 2. The van der Waals surface area contributed by atoms with E-state index in [4.69, 9.17) is 39.5 Å². The fraction of sp³-hybridized carbons (Fsp3) is 0.160. The minimum Gasteiger partial charge on any atom is -0.481 e. The Morgan fingerprint density at radius 2 is 1.59 bits per heavy atom. The number of benzene rings is 3. The molecule has 0 aliphatic heterocycles. The minimum atomic E-state index is -0.756. The smallest absolute Gasteiger partial charge is 0.280 e. The molecule has 0 heterocycles. The van der Waals surface area contributed by atoms with Crippen molar-refractivity contribution in [3.8, 4) is 5.75 Å². The molecule has 3 rings (SSSR count). The molecule has 0 aromatic heterocycles. The number of carbonyl (C=O) groups is 2. The van der Waals surface area contributed by atoms with Crippen LogP contribution in [0.3, 0.4) is 0 Å². The summed E-state index contributed by atoms with van der Waals surface area (Å²) >= 11 is 17.9. The Bertz CT molecular complexity index is 1240. The molecule has 1 atom stereocenters. The third kappa shape index (κ3) is 6.73. The van der Waals surface area contributed by atoms with Crippen LogP contribution in [-0.2, 0) is 4.79 Å². The first-order valence-electron chi connectivity index (χ1n) is 10.3. The normalized spacial score (nSPS) is 12.1. The maximum atomic E-state index is 12.4. The summed E-state index contributed by atoms with van der Waals surface area (Å²) in [6.07, 6.45) is -0.756. The number of hydrogen-bond donors (Lipinski definition) is 2. The molecule has 0 radical (unpaired) electrons. The Hall–Kier alpha value is -3.06. The Morgan fingerprint density at radius 1 is 0.941 bits per heavy atom. The summed E-state index contributed by atoms with van der Waals surface area (Å²) in [6, 6.07) is 16.9. The minimum absolute atomic E-state index is 0.268. The van der Waals surface area contributed by atoms with Gasteiger partial charge in [-0.2, -0.15) is 5.10 Å². The highest BCUT2D eigenvalue weighted by molar-refractivity contribution is 6.37. The quantitative estimate of drug-likeness (QED) is 0.276. The van der Waals surface area contributed by atoms with Crippen molar-refractivity contribution in [2.45, 2.75) is 26.9 Å². The van der Waals surface area contributed by atoms with Gasteiger partial charge in [0.15, 0.2) is 6.10 Å². The molecule has 0 spiro atoms. The zero-order chi connectivity index (χ0) is 24.8. The molecule has 2 N–H and O–H groups in total. The lowest BCUT2D eigenvalue weighted by molar-refractivity contribution is -0.127. The molecule has 3 aromatic carbocycles. The van der Waals surface area contributed by atoms with Gasteiger partial charge in [-0.3, -0.25) is 9.59 Å². The second-order valence-electron chi connectivity index (χ2n) is 7.50. The molecule has 0 aliphatic carbocycles. The van der Waals surface area contributed by atoms with Crippen molar-refractivity contribution < 1.29 is 14.3 Å². The zero-order valence-electron chi connectivity index (χ0n) is 18.7. The number of amides is 2. The summed E-state index contributed by atoms with van der Waals surface area (Å²) < 4.78 is 5.71. The van der Waals surface area contributed by atoms with Crippen LogP contribution in [0.4, 0.5) is 5.69 Å². The second-order valence-corrected chi connectivity index (χ2v) is 8.78. The van der Waals surface area contributed by atoms with Gasteiger partial charge in [-0.05, 0) is 80.4 Å². The van der Waals surface area contributed by atoms with Gasteiger partial charge in [0.1, 0.15) is 5.75 Å².